The van der Waals surface area contributed by atoms with E-state index in [1.165, 1.54) is 20.1 Å². The van der Waals surface area contributed by atoms with Crippen molar-refractivity contribution < 1.29 is 123 Å². The van der Waals surface area contributed by atoms with Crippen LogP contribution in [0.3, 0.4) is 0 Å². The third kappa shape index (κ3) is 15.0. The summed E-state index contributed by atoms with van der Waals surface area (Å²) in [5, 5.41) is 135. The molecule has 0 bridgehead atoms. The molecule has 4 aliphatic heterocycles. The molecular weight excluding hydrogens is 998 g/mol. The molecule has 1 aromatic rings. The maximum atomic E-state index is 14.0. The number of carbonyl (C=O) groups is 4. The van der Waals surface area contributed by atoms with Gasteiger partial charge in [0, 0.05) is 38.6 Å². The van der Waals surface area contributed by atoms with Gasteiger partial charge in [-0.1, -0.05) is 25.7 Å². The first-order valence-electron chi connectivity index (χ1n) is 24.2. The summed E-state index contributed by atoms with van der Waals surface area (Å²) >= 11 is 0. The van der Waals surface area contributed by atoms with Crippen LogP contribution in [0.2, 0.25) is 0 Å². The Morgan fingerprint density at radius 1 is 0.770 bits per heavy atom. The van der Waals surface area contributed by atoms with Crippen LogP contribution in [0.25, 0.3) is 0 Å². The van der Waals surface area contributed by atoms with E-state index >= 15 is 0 Å². The third-order valence-electron chi connectivity index (χ3n) is 13.2. The molecule has 0 spiro atoms. The molecule has 0 aromatic carbocycles. The monoisotopic (exact) mass is 1070 g/mol. The third-order valence-corrected chi connectivity index (χ3v) is 13.2. The number of aliphatic carboxylic acids is 1. The predicted octanol–water partition coefficient (Wildman–Crippen LogP) is -6.32. The van der Waals surface area contributed by atoms with Gasteiger partial charge in [0.25, 0.3) is 11.7 Å². The molecule has 29 heteroatoms. The maximum Gasteiger partial charge on any atom is 0.364 e. The normalized spacial score (nSPS) is 37.3. The van der Waals surface area contributed by atoms with Crippen LogP contribution in [-0.2, 0) is 57.0 Å². The lowest BCUT2D eigenvalue weighted by Crippen LogP contribution is -2.71. The predicted molar refractivity (Wildman–Crippen MR) is 242 cm³/mol. The van der Waals surface area contributed by atoms with Crippen molar-refractivity contribution in [2.24, 2.45) is 0 Å². The smallest absolute Gasteiger partial charge is 0.364 e. The Bertz CT molecular complexity index is 2000. The lowest BCUT2D eigenvalue weighted by atomic mass is 9.88. The van der Waals surface area contributed by atoms with E-state index < -0.39 is 178 Å². The largest absolute Gasteiger partial charge is 0.477 e. The number of esters is 1. The van der Waals surface area contributed by atoms with Crippen LogP contribution in [0.4, 0.5) is 0 Å². The molecule has 5 heterocycles. The van der Waals surface area contributed by atoms with Crippen molar-refractivity contribution in [1.29, 1.82) is 0 Å². The van der Waals surface area contributed by atoms with Gasteiger partial charge in [0.1, 0.15) is 85.4 Å². The van der Waals surface area contributed by atoms with Crippen molar-refractivity contribution in [1.82, 2.24) is 15.6 Å². The number of carboxylic acid groups (broad SMARTS) is 1. The van der Waals surface area contributed by atoms with Gasteiger partial charge in [-0.25, -0.2) is 4.79 Å². The van der Waals surface area contributed by atoms with Gasteiger partial charge < -0.3 is 120 Å². The number of unbranched alkanes of at least 4 members (excludes halogenated alkanes) is 5. The number of aromatic amines is 1. The standard InChI is InChI=1S/C45H71N3O26/c1-19-30(57)33(60)34(61)42(68-19)72-38-29(48-40(63)21-11-12-26(55)46-15-21)41(67-13-9-7-5-4-6-8-10-27(56)66-3)70-25(18-51)36(38)71-43-35(62)39(32(59)24(17-50)69-43)74-45(44(64)65)14-22(53)28(47-20(2)52)37(73-45)31(58)23(54)16-49/h11-12,15,19,22-25,28-39,41-43,49-51,53-54,57-62H,4-10,13-14,16-18H2,1-3H3,(H,46,55)(H,47,52)(H,48,63)(H,64,65)/t19?,22?,23?,24?,25?,28-,29?,30+,31?,32-,33?,34?,35?,36+,37?,38?,39?,41-,42+,43?,45+/m1/s1. The number of H-pyrrole nitrogens is 1. The Morgan fingerprint density at radius 2 is 1.41 bits per heavy atom. The number of carbonyl (C=O) groups excluding carboxylic acids is 3. The SMILES string of the molecule is COC(=O)CCCCCCCCO[C@@H]1OC(CO)[C@H](OC2OC(CO)[C@@H](O)C(O[C@]3(C(=O)O)CC(O)[C@@H](NC(C)=O)C(C(O)C(O)CO)O3)C2O)C(O[C@@H]2OC(C)[C@H](O)C(O)C2O)C1NC(=O)c1ccc(=O)[nH]c1. The number of rotatable bonds is 25. The molecule has 14 unspecified atom stereocenters. The zero-order chi connectivity index (χ0) is 54.6. The number of aliphatic hydroxyl groups excluding tert-OH is 11. The lowest BCUT2D eigenvalue weighted by molar-refractivity contribution is -0.391. The molecule has 74 heavy (non-hydrogen) atoms. The average Bonchev–Trinajstić information content (AvgIpc) is 3.37. The first-order valence-corrected chi connectivity index (χ1v) is 24.2. The molecule has 0 saturated carbocycles. The first-order chi connectivity index (χ1) is 35.1. The van der Waals surface area contributed by atoms with Crippen molar-refractivity contribution in [3.05, 3.63) is 34.2 Å². The molecule has 29 nitrogen and oxygen atoms in total. The van der Waals surface area contributed by atoms with Crippen LogP contribution in [0.5, 0.6) is 0 Å². The van der Waals surface area contributed by atoms with Crippen molar-refractivity contribution in [2.45, 2.75) is 194 Å². The highest BCUT2D eigenvalue weighted by Crippen LogP contribution is 2.39. The number of methoxy groups -OCH3 is 1. The fourth-order valence-electron chi connectivity index (χ4n) is 9.05. The second-order valence-electron chi connectivity index (χ2n) is 18.5. The van der Waals surface area contributed by atoms with Gasteiger partial charge in [0.15, 0.2) is 18.9 Å². The van der Waals surface area contributed by atoms with Crippen LogP contribution in [0, 0.1) is 0 Å². The highest BCUT2D eigenvalue weighted by molar-refractivity contribution is 5.94. The van der Waals surface area contributed by atoms with E-state index in [0.717, 1.165) is 38.4 Å². The second-order valence-corrected chi connectivity index (χ2v) is 18.5. The Morgan fingerprint density at radius 3 is 2.01 bits per heavy atom. The zero-order valence-corrected chi connectivity index (χ0v) is 40.8. The minimum atomic E-state index is -3.17. The van der Waals surface area contributed by atoms with Crippen LogP contribution in [0.15, 0.2) is 23.1 Å². The molecule has 4 fully saturated rings. The lowest BCUT2D eigenvalue weighted by Gasteiger charge is -2.51. The first kappa shape index (κ1) is 60.9. The Balaban J connectivity index is 1.50. The zero-order valence-electron chi connectivity index (χ0n) is 40.8. The van der Waals surface area contributed by atoms with E-state index in [1.54, 1.807) is 0 Å². The molecule has 0 aliphatic carbocycles. The molecule has 5 rings (SSSR count). The van der Waals surface area contributed by atoms with Gasteiger partial charge in [-0.05, 0) is 25.8 Å². The van der Waals surface area contributed by atoms with E-state index in [0.29, 0.717) is 19.3 Å². The van der Waals surface area contributed by atoms with Gasteiger partial charge in [-0.15, -0.1) is 0 Å². The molecule has 15 N–H and O–H groups in total. The molecule has 2 amide bonds. The maximum absolute atomic E-state index is 14.0. The Kier molecular flexibility index (Phi) is 23.0. The summed E-state index contributed by atoms with van der Waals surface area (Å²) in [7, 11) is 1.31. The van der Waals surface area contributed by atoms with Crippen LogP contribution in [0.1, 0.15) is 75.6 Å². The molecule has 0 radical (unpaired) electrons. The van der Waals surface area contributed by atoms with Gasteiger partial charge in [0.05, 0.1) is 50.7 Å². The van der Waals surface area contributed by atoms with Crippen molar-refractivity contribution in [3.63, 3.8) is 0 Å². The highest BCUT2D eigenvalue weighted by atomic mass is 16.8. The molecule has 422 valence electrons. The Labute approximate surface area is 423 Å². The topological polar surface area (TPSA) is 451 Å². The summed E-state index contributed by atoms with van der Waals surface area (Å²) in [5.74, 6) is -7.22. The summed E-state index contributed by atoms with van der Waals surface area (Å²) in [6.45, 7) is -0.841. The van der Waals surface area contributed by atoms with Gasteiger partial charge >= 0.3 is 11.9 Å². The fraction of sp³-hybridized carbons (Fsp3) is 0.800. The number of hydrogen-bond donors (Lipinski definition) is 15. The minimum Gasteiger partial charge on any atom is -0.477 e. The highest BCUT2D eigenvalue weighted by Gasteiger charge is 2.61. The number of nitrogens with one attached hydrogen (secondary N) is 3. The van der Waals surface area contributed by atoms with Crippen molar-refractivity contribution in [3.8, 4) is 0 Å². The number of ether oxygens (including phenoxy) is 9. The average molecular weight is 1070 g/mol. The van der Waals surface area contributed by atoms with E-state index in [1.807, 2.05) is 0 Å². The molecular formula is C45H71N3O26. The molecule has 21 atom stereocenters. The molecule has 1 aromatic heterocycles. The summed E-state index contributed by atoms with van der Waals surface area (Å²) in [4.78, 5) is 65.0. The number of aliphatic hydroxyl groups is 11. The number of hydrogen-bond acceptors (Lipinski definition) is 25. The summed E-state index contributed by atoms with van der Waals surface area (Å²) in [6.07, 6.45) is -30.3. The van der Waals surface area contributed by atoms with Crippen molar-refractivity contribution in [2.75, 3.05) is 33.5 Å². The van der Waals surface area contributed by atoms with Gasteiger partial charge in [0.2, 0.25) is 11.5 Å². The molecule has 4 saturated heterocycles. The van der Waals surface area contributed by atoms with E-state index in [2.05, 4.69) is 20.4 Å². The van der Waals surface area contributed by atoms with E-state index in [9.17, 15) is 85.3 Å². The summed E-state index contributed by atoms with van der Waals surface area (Å²) in [5.41, 5.74) is -0.674. The number of carboxylic acids is 1. The number of amides is 2. The van der Waals surface area contributed by atoms with E-state index in [-0.39, 0.29) is 24.6 Å². The van der Waals surface area contributed by atoms with Crippen LogP contribution < -0.4 is 16.2 Å². The van der Waals surface area contributed by atoms with Crippen LogP contribution >= 0.6 is 0 Å². The quantitative estimate of drug-likeness (QED) is 0.0320. The summed E-state index contributed by atoms with van der Waals surface area (Å²) < 4.78 is 52.7. The summed E-state index contributed by atoms with van der Waals surface area (Å²) in [6, 6.07) is -1.01. The second kappa shape index (κ2) is 27.9. The number of aromatic nitrogens is 1. The van der Waals surface area contributed by atoms with E-state index in [4.69, 9.17) is 37.9 Å². The molecule has 4 aliphatic rings. The van der Waals surface area contributed by atoms with Crippen LogP contribution in [-0.4, -0.2) is 252 Å². The van der Waals surface area contributed by atoms with Gasteiger partial charge in [-0.2, -0.15) is 0 Å². The fourth-order valence-corrected chi connectivity index (χ4v) is 9.05. The number of pyridine rings is 1. The van der Waals surface area contributed by atoms with Gasteiger partial charge in [-0.3, -0.25) is 19.2 Å². The Hall–Kier alpha value is -3.93. The van der Waals surface area contributed by atoms with Crippen molar-refractivity contribution >= 4 is 23.8 Å². The minimum absolute atomic E-state index is 0.0389.